The average Bonchev–Trinajstić information content (AvgIpc) is 3.54. The predicted molar refractivity (Wildman–Crippen MR) is 148 cm³/mol. The van der Waals surface area contributed by atoms with Crippen LogP contribution in [0.4, 0.5) is 5.82 Å². The van der Waals surface area contributed by atoms with Gasteiger partial charge in [0.1, 0.15) is 28.6 Å². The Morgan fingerprint density at radius 2 is 1.78 bits per heavy atom. The smallest absolute Gasteiger partial charge is 0.150 e. The number of aryl methyl sites for hydroxylation is 1. The van der Waals surface area contributed by atoms with Gasteiger partial charge >= 0.3 is 0 Å². The van der Waals surface area contributed by atoms with E-state index in [2.05, 4.69) is 56.8 Å². The minimum atomic E-state index is 0.180. The molecule has 2 aromatic carbocycles. The van der Waals surface area contributed by atoms with Crippen molar-refractivity contribution in [3.63, 3.8) is 0 Å². The summed E-state index contributed by atoms with van der Waals surface area (Å²) in [5.74, 6) is 2.42. The number of nitrogens with one attached hydrogen (secondary N) is 1. The molecule has 0 bridgehead atoms. The summed E-state index contributed by atoms with van der Waals surface area (Å²) < 4.78 is 2.11. The number of nitrogens with zero attached hydrogens (tertiary/aromatic N) is 3. The molecule has 188 valence electrons. The van der Waals surface area contributed by atoms with Gasteiger partial charge in [0.2, 0.25) is 0 Å². The van der Waals surface area contributed by atoms with E-state index in [1.807, 2.05) is 24.4 Å². The molecule has 6 heteroatoms. The van der Waals surface area contributed by atoms with E-state index in [0.717, 1.165) is 78.6 Å². The van der Waals surface area contributed by atoms with E-state index in [1.54, 1.807) is 6.20 Å². The van der Waals surface area contributed by atoms with E-state index in [1.165, 1.54) is 5.56 Å². The van der Waals surface area contributed by atoms with E-state index in [0.29, 0.717) is 23.9 Å². The van der Waals surface area contributed by atoms with Crippen LogP contribution in [-0.2, 0) is 11.2 Å². The molecule has 5 aromatic rings. The number of para-hydroxylation sites is 1. The lowest BCUT2D eigenvalue weighted by molar-refractivity contribution is -0.124. The molecule has 0 radical (unpaired) electrons. The van der Waals surface area contributed by atoms with Crippen molar-refractivity contribution in [2.45, 2.75) is 57.3 Å². The fourth-order valence-corrected chi connectivity index (χ4v) is 5.91. The van der Waals surface area contributed by atoms with E-state index in [4.69, 9.17) is 10.7 Å². The quantitative estimate of drug-likeness (QED) is 0.236. The van der Waals surface area contributed by atoms with Gasteiger partial charge in [-0.3, -0.25) is 9.20 Å². The molecular formula is C31H33N5O. The van der Waals surface area contributed by atoms with Gasteiger partial charge in [0.05, 0.1) is 5.69 Å². The number of benzene rings is 2. The maximum atomic E-state index is 12.9. The number of rotatable bonds is 8. The second-order valence-electron chi connectivity index (χ2n) is 10.3. The molecule has 1 fully saturated rings. The number of anilines is 1. The van der Waals surface area contributed by atoms with Crippen molar-refractivity contribution in [1.29, 1.82) is 0 Å². The maximum absolute atomic E-state index is 12.9. The van der Waals surface area contributed by atoms with Crippen LogP contribution >= 0.6 is 0 Å². The Bertz CT molecular complexity index is 1490. The monoisotopic (exact) mass is 491 g/mol. The number of Topliss-reactive ketones (excluding diaryl/α,β-unsaturated/α-hetero) is 1. The van der Waals surface area contributed by atoms with Crippen LogP contribution in [0.2, 0.25) is 0 Å². The number of fused-ring (bicyclic) bond motifs is 2. The third-order valence-electron chi connectivity index (χ3n) is 7.92. The molecule has 0 amide bonds. The molecule has 3 N–H and O–H groups in total. The highest BCUT2D eigenvalue weighted by Crippen LogP contribution is 2.39. The highest BCUT2D eigenvalue weighted by molar-refractivity contribution is 5.91. The number of H-pyrrole nitrogens is 1. The summed E-state index contributed by atoms with van der Waals surface area (Å²) in [7, 11) is 0. The van der Waals surface area contributed by atoms with E-state index >= 15 is 0 Å². The lowest BCUT2D eigenvalue weighted by Gasteiger charge is -2.27. The zero-order valence-electron chi connectivity index (χ0n) is 21.1. The van der Waals surface area contributed by atoms with Gasteiger partial charge in [0, 0.05) is 41.6 Å². The SMILES string of the molecule is Nc1nccn2c(C3CCC(C(=O)CCCCc4ccccc4)CC3)nc(-c3cc4ccccc4[nH]3)c12. The molecule has 1 aliphatic carbocycles. The summed E-state index contributed by atoms with van der Waals surface area (Å²) in [6.45, 7) is 0. The Morgan fingerprint density at radius 1 is 1.00 bits per heavy atom. The molecule has 6 nitrogen and oxygen atoms in total. The van der Waals surface area contributed by atoms with Crippen LogP contribution in [0.25, 0.3) is 27.8 Å². The van der Waals surface area contributed by atoms with E-state index < -0.39 is 0 Å². The number of nitrogen functional groups attached to an aromatic ring is 1. The second kappa shape index (κ2) is 10.2. The van der Waals surface area contributed by atoms with Gasteiger partial charge < -0.3 is 10.7 Å². The van der Waals surface area contributed by atoms with Crippen LogP contribution in [0.3, 0.4) is 0 Å². The molecule has 0 aliphatic heterocycles. The number of ketones is 1. The van der Waals surface area contributed by atoms with Crippen LogP contribution in [0.1, 0.15) is 62.3 Å². The van der Waals surface area contributed by atoms with Gasteiger partial charge in [-0.15, -0.1) is 0 Å². The molecule has 3 aromatic heterocycles. The van der Waals surface area contributed by atoms with Gasteiger partial charge in [-0.05, 0) is 62.6 Å². The number of carbonyl (C=O) groups is 1. The number of hydrogen-bond acceptors (Lipinski definition) is 4. The van der Waals surface area contributed by atoms with Crippen molar-refractivity contribution >= 4 is 28.0 Å². The summed E-state index contributed by atoms with van der Waals surface area (Å²) in [6.07, 6.45) is 11.3. The fraction of sp³-hybridized carbons (Fsp3) is 0.323. The van der Waals surface area contributed by atoms with Crippen molar-refractivity contribution < 1.29 is 4.79 Å². The van der Waals surface area contributed by atoms with Crippen LogP contribution in [-0.4, -0.2) is 25.1 Å². The highest BCUT2D eigenvalue weighted by Gasteiger charge is 2.30. The molecule has 3 heterocycles. The minimum Gasteiger partial charge on any atom is -0.382 e. The Kier molecular flexibility index (Phi) is 6.47. The first-order valence-electron chi connectivity index (χ1n) is 13.4. The predicted octanol–water partition coefficient (Wildman–Crippen LogP) is 6.72. The topological polar surface area (TPSA) is 89.1 Å². The van der Waals surface area contributed by atoms with Crippen molar-refractivity contribution in [2.75, 3.05) is 5.73 Å². The lowest BCUT2D eigenvalue weighted by Crippen LogP contribution is -2.22. The number of hydrogen-bond donors (Lipinski definition) is 2. The van der Waals surface area contributed by atoms with Crippen molar-refractivity contribution in [2.24, 2.45) is 5.92 Å². The third-order valence-corrected chi connectivity index (χ3v) is 7.92. The summed E-state index contributed by atoms with van der Waals surface area (Å²) in [6, 6.07) is 20.9. The first-order chi connectivity index (χ1) is 18.2. The van der Waals surface area contributed by atoms with E-state index in [-0.39, 0.29) is 5.92 Å². The van der Waals surface area contributed by atoms with Crippen LogP contribution in [0.15, 0.2) is 73.1 Å². The van der Waals surface area contributed by atoms with Gasteiger partial charge in [-0.2, -0.15) is 0 Å². The first-order valence-corrected chi connectivity index (χ1v) is 13.4. The minimum absolute atomic E-state index is 0.180. The van der Waals surface area contributed by atoms with Crippen molar-refractivity contribution in [3.8, 4) is 11.4 Å². The normalized spacial score (nSPS) is 17.9. The van der Waals surface area contributed by atoms with Crippen LogP contribution in [0, 0.1) is 5.92 Å². The summed E-state index contributed by atoms with van der Waals surface area (Å²) in [4.78, 5) is 25.9. The highest BCUT2D eigenvalue weighted by atomic mass is 16.1. The molecule has 1 saturated carbocycles. The molecular weight excluding hydrogens is 458 g/mol. The summed E-state index contributed by atoms with van der Waals surface area (Å²) in [5.41, 5.74) is 11.4. The van der Waals surface area contributed by atoms with Gasteiger partial charge in [0.25, 0.3) is 0 Å². The first kappa shape index (κ1) is 23.5. The number of aromatic amines is 1. The molecule has 0 saturated heterocycles. The van der Waals surface area contributed by atoms with Crippen molar-refractivity contribution in [3.05, 3.63) is 84.4 Å². The lowest BCUT2D eigenvalue weighted by atomic mass is 9.78. The number of unbranched alkanes of at least 4 members (excludes halogenated alkanes) is 1. The largest absolute Gasteiger partial charge is 0.382 e. The third kappa shape index (κ3) is 4.76. The Balaban J connectivity index is 1.14. The molecule has 0 spiro atoms. The summed E-state index contributed by atoms with van der Waals surface area (Å²) in [5, 5.41) is 1.14. The van der Waals surface area contributed by atoms with Crippen molar-refractivity contribution in [1.82, 2.24) is 19.4 Å². The molecule has 1 aliphatic rings. The van der Waals surface area contributed by atoms with Gasteiger partial charge in [0.15, 0.2) is 0 Å². The summed E-state index contributed by atoms with van der Waals surface area (Å²) >= 11 is 0. The van der Waals surface area contributed by atoms with Crippen LogP contribution in [0.5, 0.6) is 0 Å². The molecule has 0 unspecified atom stereocenters. The number of aromatic nitrogens is 4. The zero-order valence-corrected chi connectivity index (χ0v) is 21.1. The maximum Gasteiger partial charge on any atom is 0.150 e. The average molecular weight is 492 g/mol. The number of imidazole rings is 1. The van der Waals surface area contributed by atoms with E-state index in [9.17, 15) is 4.79 Å². The molecule has 37 heavy (non-hydrogen) atoms. The molecule has 0 atom stereocenters. The van der Waals surface area contributed by atoms with Gasteiger partial charge in [-0.25, -0.2) is 9.97 Å². The number of nitrogens with two attached hydrogens (primary N) is 1. The van der Waals surface area contributed by atoms with Crippen LogP contribution < -0.4 is 5.73 Å². The molecule has 6 rings (SSSR count). The second-order valence-corrected chi connectivity index (χ2v) is 10.3. The van der Waals surface area contributed by atoms with Gasteiger partial charge in [-0.1, -0.05) is 48.5 Å². The standard InChI is InChI=1S/C31H33N5O/c32-30-29-28(26-20-24-11-5-6-12-25(24)34-26)35-31(36(29)19-18-33-30)23-16-14-22(15-17-23)27(37)13-7-4-10-21-8-2-1-3-9-21/h1-3,5-6,8-9,11-12,18-20,22-23,34H,4,7,10,13-17H2,(H2,32,33). The number of carbonyl (C=O) groups excluding carboxylic acids is 1. The zero-order chi connectivity index (χ0) is 25.2. The fourth-order valence-electron chi connectivity index (χ4n) is 5.91. The Morgan fingerprint density at radius 3 is 2.59 bits per heavy atom. The Hall–Kier alpha value is -3.93. The Labute approximate surface area is 217 Å².